The van der Waals surface area contributed by atoms with Gasteiger partial charge in [0.05, 0.1) is 18.2 Å². The summed E-state index contributed by atoms with van der Waals surface area (Å²) in [5.74, 6) is 0.604. The summed E-state index contributed by atoms with van der Waals surface area (Å²) >= 11 is 0. The third-order valence-electron chi connectivity index (χ3n) is 3.03. The van der Waals surface area contributed by atoms with E-state index in [9.17, 15) is 0 Å². The Labute approximate surface area is 102 Å². The first-order valence-corrected chi connectivity index (χ1v) is 6.16. The van der Waals surface area contributed by atoms with Crippen LogP contribution in [0.3, 0.4) is 0 Å². The molecule has 1 fully saturated rings. The van der Waals surface area contributed by atoms with Gasteiger partial charge < -0.3 is 4.90 Å². The molecule has 0 unspecified atom stereocenters. The van der Waals surface area contributed by atoms with Crippen molar-refractivity contribution in [2.75, 3.05) is 20.6 Å². The fourth-order valence-corrected chi connectivity index (χ4v) is 2.06. The highest BCUT2D eigenvalue weighted by molar-refractivity contribution is 5.22. The highest BCUT2D eigenvalue weighted by atomic mass is 15.4. The van der Waals surface area contributed by atoms with E-state index in [0.29, 0.717) is 12.3 Å². The molecule has 0 saturated heterocycles. The molecule has 5 nitrogen and oxygen atoms in total. The lowest BCUT2D eigenvalue weighted by atomic mass is 10.2. The molecule has 0 N–H and O–H groups in total. The smallest absolute Gasteiger partial charge is 0.100 e. The zero-order chi connectivity index (χ0) is 12.3. The van der Waals surface area contributed by atoms with Gasteiger partial charge in [0.2, 0.25) is 0 Å². The Hall–Kier alpha value is -1.41. The van der Waals surface area contributed by atoms with E-state index in [1.807, 2.05) is 4.68 Å². The molecule has 1 aromatic heterocycles. The second-order valence-corrected chi connectivity index (χ2v) is 4.91. The Balaban J connectivity index is 2.03. The molecule has 17 heavy (non-hydrogen) atoms. The van der Waals surface area contributed by atoms with E-state index in [4.69, 9.17) is 5.26 Å². The molecule has 0 spiro atoms. The monoisotopic (exact) mass is 233 g/mol. The number of hydrogen-bond donors (Lipinski definition) is 0. The fourth-order valence-electron chi connectivity index (χ4n) is 2.06. The van der Waals surface area contributed by atoms with Gasteiger partial charge in [-0.25, -0.2) is 4.68 Å². The van der Waals surface area contributed by atoms with Crippen LogP contribution in [0, 0.1) is 11.3 Å². The van der Waals surface area contributed by atoms with E-state index < -0.39 is 0 Å². The number of nitrogens with zero attached hydrogens (tertiary/aromatic N) is 5. The van der Waals surface area contributed by atoms with Crippen molar-refractivity contribution in [3.63, 3.8) is 0 Å². The zero-order valence-corrected chi connectivity index (χ0v) is 10.6. The maximum absolute atomic E-state index is 8.77. The van der Waals surface area contributed by atoms with Gasteiger partial charge in [-0.2, -0.15) is 5.26 Å². The van der Waals surface area contributed by atoms with Gasteiger partial charge in [-0.1, -0.05) is 5.21 Å². The van der Waals surface area contributed by atoms with Crippen LogP contribution in [0.4, 0.5) is 0 Å². The van der Waals surface area contributed by atoms with Crippen LogP contribution in [0.1, 0.15) is 36.6 Å². The van der Waals surface area contributed by atoms with Gasteiger partial charge in [0.1, 0.15) is 5.69 Å². The average Bonchev–Trinajstić information content (AvgIpc) is 3.03. The SMILES string of the molecule is CN(C)CCCn1nnc(CC#N)c1C1CC1. The average molecular weight is 233 g/mol. The van der Waals surface area contributed by atoms with Crippen molar-refractivity contribution in [2.24, 2.45) is 0 Å². The maximum Gasteiger partial charge on any atom is 0.100 e. The predicted octanol–water partition coefficient (Wildman–Crippen LogP) is 1.17. The van der Waals surface area contributed by atoms with Gasteiger partial charge in [0.15, 0.2) is 0 Å². The lowest BCUT2D eigenvalue weighted by molar-refractivity contribution is 0.376. The molecule has 0 aromatic carbocycles. The Morgan fingerprint density at radius 3 is 2.82 bits per heavy atom. The van der Waals surface area contributed by atoms with E-state index in [2.05, 4.69) is 35.4 Å². The molecule has 92 valence electrons. The van der Waals surface area contributed by atoms with Crippen LogP contribution >= 0.6 is 0 Å². The number of hydrogen-bond acceptors (Lipinski definition) is 4. The van der Waals surface area contributed by atoms with Crippen molar-refractivity contribution in [3.05, 3.63) is 11.4 Å². The first-order valence-electron chi connectivity index (χ1n) is 6.16. The summed E-state index contributed by atoms with van der Waals surface area (Å²) < 4.78 is 2.01. The number of rotatable bonds is 6. The van der Waals surface area contributed by atoms with Crippen LogP contribution in [0.25, 0.3) is 0 Å². The molecule has 1 heterocycles. The first-order chi connectivity index (χ1) is 8.22. The highest BCUT2D eigenvalue weighted by Crippen LogP contribution is 2.41. The van der Waals surface area contributed by atoms with Gasteiger partial charge in [-0.3, -0.25) is 0 Å². The molecule has 0 aliphatic heterocycles. The maximum atomic E-state index is 8.77. The van der Waals surface area contributed by atoms with Gasteiger partial charge in [0, 0.05) is 12.5 Å². The summed E-state index contributed by atoms with van der Waals surface area (Å²) in [6.45, 7) is 1.96. The molecular weight excluding hydrogens is 214 g/mol. The van der Waals surface area contributed by atoms with Gasteiger partial charge in [-0.15, -0.1) is 5.10 Å². The molecule has 0 atom stereocenters. The topological polar surface area (TPSA) is 57.7 Å². The lowest BCUT2D eigenvalue weighted by Gasteiger charge is -2.10. The summed E-state index contributed by atoms with van der Waals surface area (Å²) in [6, 6.07) is 2.17. The van der Waals surface area contributed by atoms with E-state index in [0.717, 1.165) is 25.2 Å². The van der Waals surface area contributed by atoms with Gasteiger partial charge in [-0.05, 0) is 39.9 Å². The summed E-state index contributed by atoms with van der Waals surface area (Å²) in [6.07, 6.45) is 3.90. The minimum absolute atomic E-state index is 0.388. The number of aromatic nitrogens is 3. The van der Waals surface area contributed by atoms with Crippen LogP contribution < -0.4 is 0 Å². The molecule has 0 bridgehead atoms. The normalized spacial score (nSPS) is 15.2. The molecule has 5 heteroatoms. The van der Waals surface area contributed by atoms with E-state index in [-0.39, 0.29) is 0 Å². The van der Waals surface area contributed by atoms with Crippen molar-refractivity contribution in [2.45, 2.75) is 38.1 Å². The fraction of sp³-hybridized carbons (Fsp3) is 0.750. The minimum Gasteiger partial charge on any atom is -0.309 e. The number of aryl methyl sites for hydroxylation is 1. The standard InChI is InChI=1S/C12H19N5/c1-16(2)8-3-9-17-12(10-4-5-10)11(6-7-13)14-15-17/h10H,3-6,8-9H2,1-2H3. The molecule has 1 aliphatic rings. The van der Waals surface area contributed by atoms with Crippen LogP contribution in [-0.2, 0) is 13.0 Å². The minimum atomic E-state index is 0.388. The van der Waals surface area contributed by atoms with Crippen LogP contribution in [0.5, 0.6) is 0 Å². The lowest BCUT2D eigenvalue weighted by Crippen LogP contribution is -2.16. The molecule has 0 amide bonds. The van der Waals surface area contributed by atoms with E-state index in [1.54, 1.807) is 0 Å². The Bertz CT molecular complexity index is 411. The van der Waals surface area contributed by atoms with Crippen molar-refractivity contribution < 1.29 is 0 Å². The number of nitriles is 1. The van der Waals surface area contributed by atoms with E-state index >= 15 is 0 Å². The zero-order valence-electron chi connectivity index (χ0n) is 10.6. The van der Waals surface area contributed by atoms with Crippen LogP contribution in [0.2, 0.25) is 0 Å². The summed E-state index contributed by atoms with van der Waals surface area (Å²) in [4.78, 5) is 2.17. The van der Waals surface area contributed by atoms with E-state index in [1.165, 1.54) is 18.5 Å². The van der Waals surface area contributed by atoms with Crippen molar-refractivity contribution in [3.8, 4) is 6.07 Å². The largest absolute Gasteiger partial charge is 0.309 e. The van der Waals surface area contributed by atoms with Crippen molar-refractivity contribution in [1.29, 1.82) is 5.26 Å². The van der Waals surface area contributed by atoms with Crippen molar-refractivity contribution >= 4 is 0 Å². The molecule has 1 saturated carbocycles. The first kappa shape index (κ1) is 12.1. The third kappa shape index (κ3) is 3.04. The second-order valence-electron chi connectivity index (χ2n) is 4.91. The summed E-state index contributed by atoms with van der Waals surface area (Å²) in [5.41, 5.74) is 2.10. The molecular formula is C12H19N5. The third-order valence-corrected chi connectivity index (χ3v) is 3.03. The summed E-state index contributed by atoms with van der Waals surface area (Å²) in [5, 5.41) is 17.1. The van der Waals surface area contributed by atoms with Crippen LogP contribution in [0.15, 0.2) is 0 Å². The van der Waals surface area contributed by atoms with Crippen LogP contribution in [-0.4, -0.2) is 40.5 Å². The Kier molecular flexibility index (Phi) is 3.75. The Morgan fingerprint density at radius 1 is 1.47 bits per heavy atom. The molecule has 1 aliphatic carbocycles. The molecule has 0 radical (unpaired) electrons. The molecule has 2 rings (SSSR count). The predicted molar refractivity (Wildman–Crippen MR) is 64.5 cm³/mol. The second kappa shape index (κ2) is 5.28. The summed E-state index contributed by atoms with van der Waals surface area (Å²) in [7, 11) is 4.15. The molecule has 1 aromatic rings. The quantitative estimate of drug-likeness (QED) is 0.740. The van der Waals surface area contributed by atoms with Gasteiger partial charge in [0.25, 0.3) is 0 Å². The van der Waals surface area contributed by atoms with Crippen molar-refractivity contribution in [1.82, 2.24) is 19.9 Å². The Morgan fingerprint density at radius 2 is 2.24 bits per heavy atom. The van der Waals surface area contributed by atoms with Gasteiger partial charge >= 0.3 is 0 Å². The highest BCUT2D eigenvalue weighted by Gasteiger charge is 2.30.